The molecule has 3 heteroatoms. The summed E-state index contributed by atoms with van der Waals surface area (Å²) in [6, 6.07) is 2.58. The maximum absolute atomic E-state index is 12.8. The Morgan fingerprint density at radius 2 is 2.09 bits per heavy atom. The molecule has 0 radical (unpaired) electrons. The number of benzene rings is 1. The van der Waals surface area contributed by atoms with Crippen LogP contribution in [0.5, 0.6) is 0 Å². The third-order valence-corrected chi connectivity index (χ3v) is 1.89. The van der Waals surface area contributed by atoms with E-state index in [0.29, 0.717) is 5.56 Å². The molecule has 1 aromatic carbocycles. The van der Waals surface area contributed by atoms with Gasteiger partial charge >= 0.3 is 0 Å². The highest BCUT2D eigenvalue weighted by Crippen LogP contribution is 2.20. The highest BCUT2D eigenvalue weighted by atomic mass is 35.5. The smallest absolute Gasteiger partial charge is 0.127 e. The van der Waals surface area contributed by atoms with Crippen molar-refractivity contribution >= 4 is 11.6 Å². The van der Waals surface area contributed by atoms with Crippen LogP contribution in [-0.4, -0.2) is 0 Å². The zero-order valence-electron chi connectivity index (χ0n) is 6.00. The fraction of sp³-hybridized carbons (Fsp3) is 0.250. The fourth-order valence-corrected chi connectivity index (χ4v) is 1.01. The van der Waals surface area contributed by atoms with Crippen LogP contribution in [0.3, 0.4) is 0 Å². The minimum Gasteiger partial charge on any atom is -0.246 e. The Labute approximate surface area is 68.8 Å². The molecule has 11 heavy (non-hydrogen) atoms. The molecule has 0 saturated heterocycles. The van der Waals surface area contributed by atoms with E-state index in [4.69, 9.17) is 11.6 Å². The van der Waals surface area contributed by atoms with Crippen molar-refractivity contribution < 1.29 is 8.78 Å². The second kappa shape index (κ2) is 3.18. The van der Waals surface area contributed by atoms with Crippen LogP contribution >= 0.6 is 11.6 Å². The van der Waals surface area contributed by atoms with Crippen molar-refractivity contribution in [3.63, 3.8) is 0 Å². The number of halogens is 3. The minimum absolute atomic E-state index is 0.276. The molecule has 0 amide bonds. The minimum atomic E-state index is -0.684. The van der Waals surface area contributed by atoms with E-state index in [1.807, 2.05) is 0 Å². The number of hydrogen-bond donors (Lipinski definition) is 0. The normalized spacial score (nSPS) is 10.2. The second-order valence-corrected chi connectivity index (χ2v) is 2.73. The van der Waals surface area contributed by atoms with Crippen molar-refractivity contribution in [1.82, 2.24) is 0 Å². The molecular weight excluding hydrogens is 170 g/mol. The van der Waals surface area contributed by atoms with Gasteiger partial charge in [0, 0.05) is 10.6 Å². The summed E-state index contributed by atoms with van der Waals surface area (Å²) in [6.45, 7) is 0.872. The van der Waals surface area contributed by atoms with Gasteiger partial charge in [0.2, 0.25) is 0 Å². The molecular formula is C8H7ClF2. The van der Waals surface area contributed by atoms with Crippen LogP contribution < -0.4 is 0 Å². The van der Waals surface area contributed by atoms with E-state index in [-0.39, 0.29) is 10.6 Å². The Morgan fingerprint density at radius 1 is 1.45 bits per heavy atom. The predicted molar refractivity (Wildman–Crippen MR) is 41.0 cm³/mol. The van der Waals surface area contributed by atoms with Crippen molar-refractivity contribution in [1.29, 1.82) is 0 Å². The first-order chi connectivity index (χ1) is 5.15. The summed E-state index contributed by atoms with van der Waals surface area (Å²) in [5.41, 5.74) is 0.641. The third-order valence-electron chi connectivity index (χ3n) is 1.50. The highest BCUT2D eigenvalue weighted by molar-refractivity contribution is 6.31. The van der Waals surface area contributed by atoms with Crippen LogP contribution in [0.2, 0.25) is 5.02 Å². The Hall–Kier alpha value is -0.630. The van der Waals surface area contributed by atoms with Crippen LogP contribution in [-0.2, 0) is 6.67 Å². The number of hydrogen-bond acceptors (Lipinski definition) is 0. The molecule has 0 bridgehead atoms. The molecule has 1 aromatic rings. The van der Waals surface area contributed by atoms with Gasteiger partial charge in [0.25, 0.3) is 0 Å². The lowest BCUT2D eigenvalue weighted by Crippen LogP contribution is -1.87. The highest BCUT2D eigenvalue weighted by Gasteiger charge is 2.04. The maximum Gasteiger partial charge on any atom is 0.127 e. The van der Waals surface area contributed by atoms with Crippen molar-refractivity contribution in [3.05, 3.63) is 34.1 Å². The van der Waals surface area contributed by atoms with E-state index < -0.39 is 12.5 Å². The van der Waals surface area contributed by atoms with E-state index in [0.717, 1.165) is 6.07 Å². The summed E-state index contributed by atoms with van der Waals surface area (Å²) in [6.07, 6.45) is 0. The van der Waals surface area contributed by atoms with E-state index >= 15 is 0 Å². The first-order valence-corrected chi connectivity index (χ1v) is 3.53. The van der Waals surface area contributed by atoms with Crippen molar-refractivity contribution in [2.45, 2.75) is 13.6 Å². The summed E-state index contributed by atoms with van der Waals surface area (Å²) in [7, 11) is 0. The van der Waals surface area contributed by atoms with Gasteiger partial charge in [-0.2, -0.15) is 0 Å². The summed E-state index contributed by atoms with van der Waals surface area (Å²) in [4.78, 5) is 0. The van der Waals surface area contributed by atoms with Crippen molar-refractivity contribution in [3.8, 4) is 0 Å². The molecule has 0 N–H and O–H groups in total. The Kier molecular flexibility index (Phi) is 2.45. The maximum atomic E-state index is 12.8. The van der Waals surface area contributed by atoms with Crippen LogP contribution in [0.25, 0.3) is 0 Å². The first kappa shape index (κ1) is 8.47. The van der Waals surface area contributed by atoms with E-state index in [1.54, 1.807) is 6.92 Å². The van der Waals surface area contributed by atoms with Crippen LogP contribution in [0.4, 0.5) is 8.78 Å². The zero-order chi connectivity index (χ0) is 8.43. The van der Waals surface area contributed by atoms with Crippen LogP contribution in [0, 0.1) is 12.7 Å². The molecule has 60 valence electrons. The lowest BCUT2D eigenvalue weighted by atomic mass is 10.1. The van der Waals surface area contributed by atoms with Gasteiger partial charge in [0.15, 0.2) is 0 Å². The molecule has 0 heterocycles. The quantitative estimate of drug-likeness (QED) is 0.616. The lowest BCUT2D eigenvalue weighted by Gasteiger charge is -2.01. The molecule has 0 aliphatic heterocycles. The van der Waals surface area contributed by atoms with Gasteiger partial charge in [-0.15, -0.1) is 0 Å². The topological polar surface area (TPSA) is 0 Å². The molecule has 1 rings (SSSR count). The Bertz CT molecular complexity index is 248. The van der Waals surface area contributed by atoms with Crippen LogP contribution in [0.15, 0.2) is 12.1 Å². The second-order valence-electron chi connectivity index (χ2n) is 2.32. The molecule has 0 aliphatic carbocycles. The van der Waals surface area contributed by atoms with Crippen molar-refractivity contribution in [2.24, 2.45) is 0 Å². The molecule has 0 fully saturated rings. The van der Waals surface area contributed by atoms with Gasteiger partial charge in [-0.3, -0.25) is 0 Å². The average Bonchev–Trinajstić information content (AvgIpc) is 1.99. The van der Waals surface area contributed by atoms with Gasteiger partial charge in [-0.25, -0.2) is 8.78 Å². The molecule has 0 unspecified atom stereocenters. The molecule has 0 spiro atoms. The van der Waals surface area contributed by atoms with Crippen LogP contribution in [0.1, 0.15) is 11.1 Å². The van der Waals surface area contributed by atoms with Gasteiger partial charge in [-0.1, -0.05) is 11.6 Å². The third kappa shape index (κ3) is 1.69. The Balaban J connectivity index is 3.21. The SMILES string of the molecule is Cc1c(F)cc(CF)cc1Cl. The van der Waals surface area contributed by atoms with Crippen molar-refractivity contribution in [2.75, 3.05) is 0 Å². The monoisotopic (exact) mass is 176 g/mol. The van der Waals surface area contributed by atoms with E-state index in [1.165, 1.54) is 6.07 Å². The lowest BCUT2D eigenvalue weighted by molar-refractivity contribution is 0.482. The van der Waals surface area contributed by atoms with Gasteiger partial charge in [0.1, 0.15) is 12.5 Å². The fourth-order valence-electron chi connectivity index (χ4n) is 0.775. The summed E-state index contributed by atoms with van der Waals surface area (Å²) in [5, 5.41) is 0.276. The summed E-state index contributed by atoms with van der Waals surface area (Å²) >= 11 is 5.59. The predicted octanol–water partition coefficient (Wildman–Crippen LogP) is 3.26. The van der Waals surface area contributed by atoms with E-state index in [2.05, 4.69) is 0 Å². The molecule has 0 saturated carbocycles. The standard InChI is InChI=1S/C8H7ClF2/c1-5-7(9)2-6(4-10)3-8(5)11/h2-3H,4H2,1H3. The number of rotatable bonds is 1. The van der Waals surface area contributed by atoms with Gasteiger partial charge < -0.3 is 0 Å². The molecule has 0 aliphatic rings. The number of alkyl halides is 1. The average molecular weight is 177 g/mol. The Morgan fingerprint density at radius 3 is 2.55 bits per heavy atom. The van der Waals surface area contributed by atoms with Gasteiger partial charge in [-0.05, 0) is 24.6 Å². The van der Waals surface area contributed by atoms with Gasteiger partial charge in [0.05, 0.1) is 0 Å². The molecule has 0 atom stereocenters. The zero-order valence-corrected chi connectivity index (χ0v) is 6.75. The summed E-state index contributed by atoms with van der Waals surface area (Å²) < 4.78 is 24.8. The summed E-state index contributed by atoms with van der Waals surface area (Å²) in [5.74, 6) is -0.454. The van der Waals surface area contributed by atoms with E-state index in [9.17, 15) is 8.78 Å². The first-order valence-electron chi connectivity index (χ1n) is 3.15. The largest absolute Gasteiger partial charge is 0.246 e. The molecule has 0 nitrogen and oxygen atoms in total. The molecule has 0 aromatic heterocycles.